The molecule has 0 aliphatic heterocycles. The molecule has 70 valence electrons. The normalized spacial score (nSPS) is 10.3. The van der Waals surface area contributed by atoms with Crippen molar-refractivity contribution in [2.24, 2.45) is 0 Å². The summed E-state index contributed by atoms with van der Waals surface area (Å²) in [6.07, 6.45) is 2.40. The monoisotopic (exact) mass is 204 g/mol. The number of fused-ring (bicyclic) bond motifs is 1. The van der Waals surface area contributed by atoms with E-state index in [1.165, 1.54) is 18.1 Å². The molecular weight excluding hydrogens is 196 g/mol. The minimum atomic E-state index is 0.432. The molecule has 1 aromatic carbocycles. The molecule has 0 spiro atoms. The van der Waals surface area contributed by atoms with Gasteiger partial charge in [0.25, 0.3) is 0 Å². The second-order valence-electron chi connectivity index (χ2n) is 2.67. The van der Waals surface area contributed by atoms with Crippen molar-refractivity contribution >= 4 is 29.0 Å². The Bertz CT molecular complexity index is 453. The van der Waals surface area contributed by atoms with E-state index in [2.05, 4.69) is 9.97 Å². The van der Waals surface area contributed by atoms with Crippen molar-refractivity contribution < 1.29 is 4.79 Å². The van der Waals surface area contributed by atoms with Gasteiger partial charge in [0.1, 0.15) is 17.6 Å². The van der Waals surface area contributed by atoms with E-state index in [0.29, 0.717) is 5.75 Å². The molecule has 0 saturated carbocycles. The number of hydrogen-bond acceptors (Lipinski definition) is 4. The van der Waals surface area contributed by atoms with E-state index in [1.54, 1.807) is 0 Å². The minimum Gasteiger partial charge on any atom is -0.302 e. The fraction of sp³-hybridized carbons (Fsp3) is 0.100. The van der Waals surface area contributed by atoms with Crippen LogP contribution >= 0.6 is 11.8 Å². The molecule has 0 aliphatic carbocycles. The molecule has 0 N–H and O–H groups in total. The number of thioether (sulfide) groups is 1. The van der Waals surface area contributed by atoms with Gasteiger partial charge < -0.3 is 4.79 Å². The molecule has 14 heavy (non-hydrogen) atoms. The number of carbonyl (C=O) groups is 1. The number of nitrogens with zero attached hydrogens (tertiary/aromatic N) is 2. The summed E-state index contributed by atoms with van der Waals surface area (Å²) in [5.74, 6) is 0.432. The Labute approximate surface area is 85.6 Å². The zero-order chi connectivity index (χ0) is 9.80. The summed E-state index contributed by atoms with van der Waals surface area (Å²) in [4.78, 5) is 18.5. The van der Waals surface area contributed by atoms with Crippen molar-refractivity contribution in [2.75, 3.05) is 5.75 Å². The molecule has 0 atom stereocenters. The number of hydrogen-bond donors (Lipinski definition) is 0. The molecule has 0 radical (unpaired) electrons. The predicted octanol–water partition coefficient (Wildman–Crippen LogP) is 1.92. The third-order valence-electron chi connectivity index (χ3n) is 1.79. The maximum absolute atomic E-state index is 10.3. The average molecular weight is 204 g/mol. The standard InChI is InChI=1S/C10H8N2OS/c13-5-6-14-10-8-3-1-2-4-9(8)11-7-12-10/h1-5,7H,6H2. The highest BCUT2D eigenvalue weighted by molar-refractivity contribution is 8.00. The van der Waals surface area contributed by atoms with Crippen molar-refractivity contribution in [2.45, 2.75) is 5.03 Å². The lowest BCUT2D eigenvalue weighted by Crippen LogP contribution is -1.88. The molecule has 0 bridgehead atoms. The van der Waals surface area contributed by atoms with Crippen molar-refractivity contribution in [3.63, 3.8) is 0 Å². The SMILES string of the molecule is O=CCSc1ncnc2ccccc12. The Morgan fingerprint density at radius 3 is 3.00 bits per heavy atom. The highest BCUT2D eigenvalue weighted by Crippen LogP contribution is 2.22. The Morgan fingerprint density at radius 2 is 2.14 bits per heavy atom. The van der Waals surface area contributed by atoms with Gasteiger partial charge in [-0.1, -0.05) is 30.0 Å². The van der Waals surface area contributed by atoms with Crippen LogP contribution in [0.25, 0.3) is 10.9 Å². The van der Waals surface area contributed by atoms with Crippen LogP contribution in [0.3, 0.4) is 0 Å². The first-order valence-corrected chi connectivity index (χ1v) is 5.16. The lowest BCUT2D eigenvalue weighted by Gasteiger charge is -2.01. The van der Waals surface area contributed by atoms with E-state index in [0.717, 1.165) is 22.2 Å². The topological polar surface area (TPSA) is 42.9 Å². The highest BCUT2D eigenvalue weighted by Gasteiger charge is 2.01. The first-order chi connectivity index (χ1) is 6.92. The number of carbonyl (C=O) groups excluding carboxylic acids is 1. The Kier molecular flexibility index (Phi) is 2.74. The summed E-state index contributed by atoms with van der Waals surface area (Å²) in [6, 6.07) is 7.77. The molecule has 1 heterocycles. The van der Waals surface area contributed by atoms with Gasteiger partial charge in [0.15, 0.2) is 0 Å². The average Bonchev–Trinajstić information content (AvgIpc) is 2.26. The zero-order valence-electron chi connectivity index (χ0n) is 7.38. The highest BCUT2D eigenvalue weighted by atomic mass is 32.2. The second kappa shape index (κ2) is 4.19. The predicted molar refractivity (Wildman–Crippen MR) is 56.3 cm³/mol. The third kappa shape index (κ3) is 1.75. The van der Waals surface area contributed by atoms with Gasteiger partial charge in [-0.3, -0.25) is 0 Å². The third-order valence-corrected chi connectivity index (χ3v) is 2.70. The van der Waals surface area contributed by atoms with E-state index in [1.807, 2.05) is 24.3 Å². The number of rotatable bonds is 3. The fourth-order valence-corrected chi connectivity index (χ4v) is 1.88. The smallest absolute Gasteiger partial charge is 0.130 e. The van der Waals surface area contributed by atoms with Gasteiger partial charge in [0.05, 0.1) is 11.3 Å². The van der Waals surface area contributed by atoms with Crippen molar-refractivity contribution in [3.05, 3.63) is 30.6 Å². The molecule has 2 aromatic rings. The van der Waals surface area contributed by atoms with E-state index in [4.69, 9.17) is 0 Å². The van der Waals surface area contributed by atoms with Crippen LogP contribution in [0.2, 0.25) is 0 Å². The van der Waals surface area contributed by atoms with Crippen LogP contribution in [0.4, 0.5) is 0 Å². The van der Waals surface area contributed by atoms with Crippen LogP contribution in [0.5, 0.6) is 0 Å². The van der Waals surface area contributed by atoms with Gasteiger partial charge in [-0.05, 0) is 6.07 Å². The lowest BCUT2D eigenvalue weighted by molar-refractivity contribution is -0.105. The molecule has 2 rings (SSSR count). The van der Waals surface area contributed by atoms with Crippen molar-refractivity contribution in [1.82, 2.24) is 9.97 Å². The van der Waals surface area contributed by atoms with Gasteiger partial charge in [0.2, 0.25) is 0 Å². The summed E-state index contributed by atoms with van der Waals surface area (Å²) >= 11 is 1.43. The Morgan fingerprint density at radius 1 is 1.29 bits per heavy atom. The summed E-state index contributed by atoms with van der Waals surface area (Å²) in [5.41, 5.74) is 0.913. The van der Waals surface area contributed by atoms with E-state index < -0.39 is 0 Å². The number of benzene rings is 1. The molecule has 3 nitrogen and oxygen atoms in total. The van der Waals surface area contributed by atoms with Gasteiger partial charge >= 0.3 is 0 Å². The maximum Gasteiger partial charge on any atom is 0.130 e. The van der Waals surface area contributed by atoms with Gasteiger partial charge in [-0.15, -0.1) is 0 Å². The van der Waals surface area contributed by atoms with E-state index >= 15 is 0 Å². The zero-order valence-corrected chi connectivity index (χ0v) is 8.20. The molecule has 0 amide bonds. The van der Waals surface area contributed by atoms with Crippen LogP contribution in [0.15, 0.2) is 35.6 Å². The van der Waals surface area contributed by atoms with Gasteiger partial charge in [-0.25, -0.2) is 9.97 Å². The van der Waals surface area contributed by atoms with E-state index in [-0.39, 0.29) is 0 Å². The maximum atomic E-state index is 10.3. The van der Waals surface area contributed by atoms with Crippen molar-refractivity contribution in [3.8, 4) is 0 Å². The van der Waals surface area contributed by atoms with Crippen LogP contribution < -0.4 is 0 Å². The summed E-state index contributed by atoms with van der Waals surface area (Å²) in [6.45, 7) is 0. The molecule has 4 heteroatoms. The number of para-hydroxylation sites is 1. The summed E-state index contributed by atoms with van der Waals surface area (Å²) in [7, 11) is 0. The van der Waals surface area contributed by atoms with Crippen molar-refractivity contribution in [1.29, 1.82) is 0 Å². The summed E-state index contributed by atoms with van der Waals surface area (Å²) in [5, 5.41) is 1.87. The molecule has 0 fully saturated rings. The Hall–Kier alpha value is -1.42. The van der Waals surface area contributed by atoms with Crippen LogP contribution in [-0.2, 0) is 4.79 Å². The molecular formula is C10H8N2OS. The molecule has 0 aliphatic rings. The minimum absolute atomic E-state index is 0.432. The first kappa shape index (κ1) is 9.15. The van der Waals surface area contributed by atoms with Gasteiger partial charge in [0, 0.05) is 5.39 Å². The Balaban J connectivity index is 2.48. The lowest BCUT2D eigenvalue weighted by atomic mass is 10.2. The second-order valence-corrected chi connectivity index (χ2v) is 3.68. The summed E-state index contributed by atoms with van der Waals surface area (Å²) < 4.78 is 0. The first-order valence-electron chi connectivity index (χ1n) is 4.18. The van der Waals surface area contributed by atoms with E-state index in [9.17, 15) is 4.79 Å². The number of aromatic nitrogens is 2. The molecule has 0 unspecified atom stereocenters. The molecule has 1 aromatic heterocycles. The van der Waals surface area contributed by atoms with Crippen LogP contribution in [0.1, 0.15) is 0 Å². The van der Waals surface area contributed by atoms with Gasteiger partial charge in [-0.2, -0.15) is 0 Å². The number of aldehydes is 1. The fourth-order valence-electron chi connectivity index (χ4n) is 1.21. The molecule has 0 saturated heterocycles. The quantitative estimate of drug-likeness (QED) is 0.435. The van der Waals surface area contributed by atoms with Crippen LogP contribution in [-0.4, -0.2) is 22.0 Å². The largest absolute Gasteiger partial charge is 0.302 e. The van der Waals surface area contributed by atoms with Crippen LogP contribution in [0, 0.1) is 0 Å².